The maximum atomic E-state index is 12.9. The molecule has 39 heavy (non-hydrogen) atoms. The van der Waals surface area contributed by atoms with Gasteiger partial charge in [-0.2, -0.15) is 0 Å². The molecule has 3 aromatic rings. The molecule has 1 heterocycles. The summed E-state index contributed by atoms with van der Waals surface area (Å²) in [5.74, 6) is -1.95. The molecule has 3 rings (SSSR count). The molecule has 7 heteroatoms. The Labute approximate surface area is 231 Å². The van der Waals surface area contributed by atoms with Gasteiger partial charge in [-0.25, -0.2) is 4.79 Å². The molecular formula is C32H42N2O5. The first-order valence-corrected chi connectivity index (χ1v) is 13.9. The summed E-state index contributed by atoms with van der Waals surface area (Å²) in [6, 6.07) is 16.8. The van der Waals surface area contributed by atoms with Crippen LogP contribution in [0.3, 0.4) is 0 Å². The number of carbonyl (C=O) groups excluding carboxylic acids is 1. The number of unbranched alkanes of at least 4 members (excludes halogenated alkanes) is 4. The molecule has 0 aliphatic carbocycles. The number of carbonyl (C=O) groups is 2. The van der Waals surface area contributed by atoms with Crippen molar-refractivity contribution in [2.24, 2.45) is 0 Å². The summed E-state index contributed by atoms with van der Waals surface area (Å²) in [6.45, 7) is 4.91. The number of aromatic nitrogens is 1. The minimum absolute atomic E-state index is 0.225. The van der Waals surface area contributed by atoms with Crippen LogP contribution in [-0.2, 0) is 27.2 Å². The number of carboxylic acid groups (broad SMARTS) is 1. The third-order valence-corrected chi connectivity index (χ3v) is 7.26. The van der Waals surface area contributed by atoms with E-state index in [9.17, 15) is 19.8 Å². The fourth-order valence-electron chi connectivity index (χ4n) is 4.67. The molecule has 7 nitrogen and oxygen atoms in total. The lowest BCUT2D eigenvalue weighted by molar-refractivity contribution is -0.166. The number of rotatable bonds is 16. The highest BCUT2D eigenvalue weighted by atomic mass is 16.5. The molecule has 1 amide bonds. The molecule has 210 valence electrons. The second kappa shape index (κ2) is 15.3. The van der Waals surface area contributed by atoms with Gasteiger partial charge in [0.2, 0.25) is 0 Å². The van der Waals surface area contributed by atoms with Crippen LogP contribution in [0.15, 0.2) is 54.7 Å². The monoisotopic (exact) mass is 534 g/mol. The molecule has 0 aliphatic heterocycles. The number of amides is 1. The molecule has 2 N–H and O–H groups in total. The topological polar surface area (TPSA) is 100.0 Å². The van der Waals surface area contributed by atoms with Crippen molar-refractivity contribution < 1.29 is 24.5 Å². The van der Waals surface area contributed by atoms with Gasteiger partial charge in [0.15, 0.2) is 12.2 Å². The molecule has 0 radical (unpaired) electrons. The normalized spacial score (nSPS) is 12.8. The van der Waals surface area contributed by atoms with Crippen LogP contribution in [0.4, 0.5) is 0 Å². The second-order valence-corrected chi connectivity index (χ2v) is 10.4. The minimum Gasteiger partial charge on any atom is -0.479 e. The van der Waals surface area contributed by atoms with Crippen molar-refractivity contribution in [3.8, 4) is 0 Å². The highest BCUT2D eigenvalue weighted by molar-refractivity contribution is 5.87. The maximum absolute atomic E-state index is 12.9. The Bertz CT molecular complexity index is 1230. The molecule has 0 saturated carbocycles. The Balaban J connectivity index is 1.37. The Morgan fingerprint density at radius 1 is 0.897 bits per heavy atom. The summed E-state index contributed by atoms with van der Waals surface area (Å²) in [5.41, 5.74) is 6.10. The summed E-state index contributed by atoms with van der Waals surface area (Å²) in [4.78, 5) is 30.2. The van der Waals surface area contributed by atoms with Crippen LogP contribution in [0.1, 0.15) is 60.8 Å². The van der Waals surface area contributed by atoms with E-state index in [1.54, 1.807) is 13.2 Å². The van der Waals surface area contributed by atoms with E-state index >= 15 is 0 Å². The predicted octanol–water partition coefficient (Wildman–Crippen LogP) is 5.27. The number of pyridine rings is 1. The van der Waals surface area contributed by atoms with E-state index in [1.807, 2.05) is 12.1 Å². The van der Waals surface area contributed by atoms with Gasteiger partial charge in [0.25, 0.3) is 5.91 Å². The lowest BCUT2D eigenvalue weighted by Gasteiger charge is -2.25. The van der Waals surface area contributed by atoms with Gasteiger partial charge in [0.05, 0.1) is 5.52 Å². The molecule has 1 aromatic heterocycles. The quantitative estimate of drug-likeness (QED) is 0.243. The predicted molar refractivity (Wildman–Crippen MR) is 154 cm³/mol. The van der Waals surface area contributed by atoms with Crippen LogP contribution in [0, 0.1) is 13.8 Å². The van der Waals surface area contributed by atoms with Crippen molar-refractivity contribution in [3.05, 3.63) is 77.0 Å². The Hall–Kier alpha value is -3.29. The van der Waals surface area contributed by atoms with Crippen LogP contribution in [0.25, 0.3) is 10.9 Å². The van der Waals surface area contributed by atoms with Gasteiger partial charge in [-0.05, 0) is 92.8 Å². The first-order chi connectivity index (χ1) is 18.8. The number of hydrogen-bond acceptors (Lipinski definition) is 5. The Kier molecular flexibility index (Phi) is 11.9. The first-order valence-electron chi connectivity index (χ1n) is 13.9. The highest BCUT2D eigenvalue weighted by Gasteiger charge is 2.34. The third kappa shape index (κ3) is 9.44. The van der Waals surface area contributed by atoms with Crippen LogP contribution in [0.5, 0.6) is 0 Å². The van der Waals surface area contributed by atoms with E-state index in [0.29, 0.717) is 13.0 Å². The molecular weight excluding hydrogens is 492 g/mol. The Morgan fingerprint density at radius 3 is 2.31 bits per heavy atom. The lowest BCUT2D eigenvalue weighted by atomic mass is 10.0. The maximum Gasteiger partial charge on any atom is 0.335 e. The van der Waals surface area contributed by atoms with Crippen molar-refractivity contribution >= 4 is 22.8 Å². The molecule has 2 atom stereocenters. The minimum atomic E-state index is -1.89. The van der Waals surface area contributed by atoms with Gasteiger partial charge >= 0.3 is 5.97 Å². The fraction of sp³-hybridized carbons (Fsp3) is 0.469. The average Bonchev–Trinajstić information content (AvgIpc) is 2.93. The molecule has 2 unspecified atom stereocenters. The van der Waals surface area contributed by atoms with E-state index in [1.165, 1.54) is 27.2 Å². The first kappa shape index (κ1) is 30.3. The molecule has 0 spiro atoms. The van der Waals surface area contributed by atoms with Crippen LogP contribution in [-0.4, -0.2) is 64.4 Å². The second-order valence-electron chi connectivity index (χ2n) is 10.4. The van der Waals surface area contributed by atoms with E-state index < -0.39 is 24.1 Å². The largest absolute Gasteiger partial charge is 0.479 e. The van der Waals surface area contributed by atoms with Gasteiger partial charge in [0.1, 0.15) is 0 Å². The third-order valence-electron chi connectivity index (χ3n) is 7.26. The number of aliphatic hydroxyl groups excluding tert-OH is 1. The van der Waals surface area contributed by atoms with Gasteiger partial charge in [-0.3, -0.25) is 9.78 Å². The van der Waals surface area contributed by atoms with E-state index in [-0.39, 0.29) is 6.61 Å². The van der Waals surface area contributed by atoms with Crippen LogP contribution < -0.4 is 0 Å². The number of ether oxygens (including phenoxy) is 1. The van der Waals surface area contributed by atoms with E-state index in [4.69, 9.17) is 4.74 Å². The zero-order valence-corrected chi connectivity index (χ0v) is 23.4. The smallest absolute Gasteiger partial charge is 0.335 e. The number of likely N-dealkylation sites (N-methyl/N-ethyl adjacent to an activating group) is 1. The highest BCUT2D eigenvalue weighted by Crippen LogP contribution is 2.16. The van der Waals surface area contributed by atoms with Crippen molar-refractivity contribution in [3.63, 3.8) is 0 Å². The van der Waals surface area contributed by atoms with E-state index in [0.717, 1.165) is 55.8 Å². The summed E-state index contributed by atoms with van der Waals surface area (Å²) >= 11 is 0. The summed E-state index contributed by atoms with van der Waals surface area (Å²) in [6.07, 6.45) is 5.64. The number of aryl methyl sites for hydroxylation is 4. The van der Waals surface area contributed by atoms with Gasteiger partial charge < -0.3 is 19.8 Å². The lowest BCUT2D eigenvalue weighted by Crippen LogP contribution is -2.48. The molecule has 0 aliphatic rings. The SMILES string of the molecule is Cc1ccc(CCCCCOC(C(=O)N(C)CCCCCc2ccc3ncccc3c2)C(O)C(=O)O)cc1C. The average molecular weight is 535 g/mol. The van der Waals surface area contributed by atoms with Crippen molar-refractivity contribution in [1.82, 2.24) is 9.88 Å². The van der Waals surface area contributed by atoms with Crippen molar-refractivity contribution in [2.75, 3.05) is 20.2 Å². The summed E-state index contributed by atoms with van der Waals surface area (Å²) < 4.78 is 5.63. The molecule has 0 saturated heterocycles. The van der Waals surface area contributed by atoms with Gasteiger partial charge in [-0.15, -0.1) is 0 Å². The summed E-state index contributed by atoms with van der Waals surface area (Å²) in [5, 5.41) is 20.6. The van der Waals surface area contributed by atoms with Gasteiger partial charge in [0, 0.05) is 31.8 Å². The Morgan fingerprint density at radius 2 is 1.59 bits per heavy atom. The molecule has 0 fully saturated rings. The number of carboxylic acids is 1. The van der Waals surface area contributed by atoms with E-state index in [2.05, 4.69) is 55.2 Å². The molecule has 2 aromatic carbocycles. The summed E-state index contributed by atoms with van der Waals surface area (Å²) in [7, 11) is 1.63. The van der Waals surface area contributed by atoms with Crippen LogP contribution in [0.2, 0.25) is 0 Å². The van der Waals surface area contributed by atoms with Gasteiger partial charge in [-0.1, -0.05) is 43.2 Å². The standard InChI is InChI=1S/C32H42N2O5/c1-23-14-15-25(21-24(23)2)11-7-5-9-20-39-30(29(35)32(37)38)31(36)34(3)19-8-4-6-12-26-16-17-28-27(22-26)13-10-18-33-28/h10,13-18,21-22,29-30,35H,4-9,11-12,19-20H2,1-3H3,(H,37,38). The van der Waals surface area contributed by atoms with Crippen LogP contribution >= 0.6 is 0 Å². The number of fused-ring (bicyclic) bond motifs is 1. The number of aliphatic carboxylic acids is 1. The number of aliphatic hydroxyl groups is 1. The van der Waals surface area contributed by atoms with Crippen molar-refractivity contribution in [1.29, 1.82) is 0 Å². The number of hydrogen-bond donors (Lipinski definition) is 2. The zero-order chi connectivity index (χ0) is 28.2. The fourth-order valence-corrected chi connectivity index (χ4v) is 4.67. The van der Waals surface area contributed by atoms with Crippen molar-refractivity contribution in [2.45, 2.75) is 77.4 Å². The molecule has 0 bridgehead atoms. The zero-order valence-electron chi connectivity index (χ0n) is 23.4. The number of nitrogens with zero attached hydrogens (tertiary/aromatic N) is 2. The number of benzene rings is 2.